The van der Waals surface area contributed by atoms with Crippen molar-refractivity contribution < 1.29 is 4.79 Å². The van der Waals surface area contributed by atoms with Crippen molar-refractivity contribution in [2.75, 3.05) is 0 Å². The zero-order valence-corrected chi connectivity index (χ0v) is 8.49. The Bertz CT molecular complexity index is 433. The SMILES string of the molecule is CC(=O)c1csc(Cn2cccn2)n1. The number of rotatable bonds is 3. The summed E-state index contributed by atoms with van der Waals surface area (Å²) in [6.45, 7) is 2.15. The average molecular weight is 207 g/mol. The maximum absolute atomic E-state index is 11.0. The molecule has 5 heteroatoms. The molecular formula is C9H9N3OS. The summed E-state index contributed by atoms with van der Waals surface area (Å²) in [5.74, 6) is 0.00738. The van der Waals surface area contributed by atoms with E-state index in [0.717, 1.165) is 5.01 Å². The van der Waals surface area contributed by atoms with Crippen LogP contribution in [0.15, 0.2) is 23.8 Å². The van der Waals surface area contributed by atoms with E-state index >= 15 is 0 Å². The molecule has 0 radical (unpaired) electrons. The van der Waals surface area contributed by atoms with E-state index in [0.29, 0.717) is 12.2 Å². The maximum Gasteiger partial charge on any atom is 0.178 e. The summed E-state index contributed by atoms with van der Waals surface area (Å²) in [5.41, 5.74) is 0.539. The molecule has 2 rings (SSSR count). The molecule has 0 aliphatic rings. The molecule has 2 heterocycles. The van der Waals surface area contributed by atoms with Gasteiger partial charge in [-0.15, -0.1) is 11.3 Å². The highest BCUT2D eigenvalue weighted by Crippen LogP contribution is 2.11. The van der Waals surface area contributed by atoms with Gasteiger partial charge in [0.25, 0.3) is 0 Å². The van der Waals surface area contributed by atoms with Crippen LogP contribution in [-0.2, 0) is 6.54 Å². The van der Waals surface area contributed by atoms with Gasteiger partial charge in [0.15, 0.2) is 5.78 Å². The van der Waals surface area contributed by atoms with Gasteiger partial charge in [-0.1, -0.05) is 0 Å². The van der Waals surface area contributed by atoms with E-state index in [9.17, 15) is 4.79 Å². The Balaban J connectivity index is 2.14. The molecule has 0 atom stereocenters. The number of ketones is 1. The van der Waals surface area contributed by atoms with Gasteiger partial charge < -0.3 is 0 Å². The first kappa shape index (κ1) is 9.08. The fraction of sp³-hybridized carbons (Fsp3) is 0.222. The smallest absolute Gasteiger partial charge is 0.178 e. The molecule has 72 valence electrons. The lowest BCUT2D eigenvalue weighted by Gasteiger charge is -1.95. The Hall–Kier alpha value is -1.49. The molecule has 0 unspecified atom stereocenters. The Labute approximate surface area is 85.2 Å². The minimum absolute atomic E-state index is 0.00738. The quantitative estimate of drug-likeness (QED) is 0.718. The predicted octanol–water partition coefficient (Wildman–Crippen LogP) is 1.59. The Kier molecular flexibility index (Phi) is 2.41. The monoisotopic (exact) mass is 207 g/mol. The van der Waals surface area contributed by atoms with Gasteiger partial charge in [0.1, 0.15) is 10.7 Å². The lowest BCUT2D eigenvalue weighted by Crippen LogP contribution is -2.00. The van der Waals surface area contributed by atoms with E-state index in [1.54, 1.807) is 16.3 Å². The second-order valence-corrected chi connectivity index (χ2v) is 3.83. The van der Waals surface area contributed by atoms with Gasteiger partial charge >= 0.3 is 0 Å². The number of hydrogen-bond acceptors (Lipinski definition) is 4. The number of carbonyl (C=O) groups excluding carboxylic acids is 1. The minimum Gasteiger partial charge on any atom is -0.293 e. The van der Waals surface area contributed by atoms with Crippen molar-refractivity contribution in [2.24, 2.45) is 0 Å². The van der Waals surface area contributed by atoms with Crippen LogP contribution >= 0.6 is 11.3 Å². The van der Waals surface area contributed by atoms with Gasteiger partial charge in [-0.3, -0.25) is 9.48 Å². The van der Waals surface area contributed by atoms with Crippen molar-refractivity contribution in [3.63, 3.8) is 0 Å². The number of carbonyl (C=O) groups is 1. The fourth-order valence-electron chi connectivity index (χ4n) is 1.08. The largest absolute Gasteiger partial charge is 0.293 e. The highest BCUT2D eigenvalue weighted by atomic mass is 32.1. The van der Waals surface area contributed by atoms with E-state index in [2.05, 4.69) is 10.1 Å². The predicted molar refractivity (Wildman–Crippen MR) is 53.4 cm³/mol. The van der Waals surface area contributed by atoms with E-state index in [4.69, 9.17) is 0 Å². The second-order valence-electron chi connectivity index (χ2n) is 2.89. The molecule has 0 aliphatic heterocycles. The lowest BCUT2D eigenvalue weighted by molar-refractivity contribution is 0.101. The lowest BCUT2D eigenvalue weighted by atomic mass is 10.4. The highest BCUT2D eigenvalue weighted by molar-refractivity contribution is 7.09. The molecule has 0 N–H and O–H groups in total. The van der Waals surface area contributed by atoms with Crippen LogP contribution in [0.4, 0.5) is 0 Å². The molecule has 0 saturated heterocycles. The Morgan fingerprint density at radius 1 is 1.64 bits per heavy atom. The summed E-state index contributed by atoms with van der Waals surface area (Å²) >= 11 is 1.48. The number of aromatic nitrogens is 3. The van der Waals surface area contributed by atoms with Crippen molar-refractivity contribution >= 4 is 17.1 Å². The normalized spacial score (nSPS) is 10.4. The van der Waals surface area contributed by atoms with Crippen molar-refractivity contribution in [3.8, 4) is 0 Å². The summed E-state index contributed by atoms with van der Waals surface area (Å²) in [7, 11) is 0. The molecule has 0 spiro atoms. The van der Waals surface area contributed by atoms with Crippen LogP contribution in [0.5, 0.6) is 0 Å². The number of nitrogens with zero attached hydrogens (tertiary/aromatic N) is 3. The molecular weight excluding hydrogens is 198 g/mol. The van der Waals surface area contributed by atoms with E-state index in [-0.39, 0.29) is 5.78 Å². The van der Waals surface area contributed by atoms with Gasteiger partial charge in [-0.05, 0) is 6.07 Å². The summed E-state index contributed by atoms with van der Waals surface area (Å²) < 4.78 is 1.78. The highest BCUT2D eigenvalue weighted by Gasteiger charge is 2.05. The van der Waals surface area contributed by atoms with Crippen molar-refractivity contribution in [2.45, 2.75) is 13.5 Å². The molecule has 4 nitrogen and oxygen atoms in total. The van der Waals surface area contributed by atoms with Crippen LogP contribution in [0.3, 0.4) is 0 Å². The average Bonchev–Trinajstić information content (AvgIpc) is 2.75. The van der Waals surface area contributed by atoms with Crippen LogP contribution in [0.25, 0.3) is 0 Å². The third-order valence-electron chi connectivity index (χ3n) is 1.77. The van der Waals surface area contributed by atoms with Crippen LogP contribution < -0.4 is 0 Å². The fourth-order valence-corrected chi connectivity index (χ4v) is 1.90. The van der Waals surface area contributed by atoms with Gasteiger partial charge in [-0.2, -0.15) is 5.10 Å². The third-order valence-corrected chi connectivity index (χ3v) is 2.60. The standard InChI is InChI=1S/C9H9N3OS/c1-7(13)8-6-14-9(11-8)5-12-4-2-3-10-12/h2-4,6H,5H2,1H3. The number of Topliss-reactive ketones (excluding diaryl/α,β-unsaturated/α-hetero) is 1. The van der Waals surface area contributed by atoms with Gasteiger partial charge in [0, 0.05) is 24.7 Å². The molecule has 2 aromatic heterocycles. The summed E-state index contributed by atoms with van der Waals surface area (Å²) in [6.07, 6.45) is 3.59. The molecule has 0 bridgehead atoms. The Morgan fingerprint density at radius 3 is 3.07 bits per heavy atom. The molecule has 14 heavy (non-hydrogen) atoms. The maximum atomic E-state index is 11.0. The van der Waals surface area contributed by atoms with Gasteiger partial charge in [0.05, 0.1) is 6.54 Å². The van der Waals surface area contributed by atoms with Crippen LogP contribution in [0, 0.1) is 0 Å². The van der Waals surface area contributed by atoms with Gasteiger partial charge in [-0.25, -0.2) is 4.98 Å². The van der Waals surface area contributed by atoms with Crippen molar-refractivity contribution in [1.82, 2.24) is 14.8 Å². The molecule has 0 saturated carbocycles. The summed E-state index contributed by atoms with van der Waals surface area (Å²) in [5, 5.41) is 6.74. The van der Waals surface area contributed by atoms with Gasteiger partial charge in [0.2, 0.25) is 0 Å². The first-order valence-corrected chi connectivity index (χ1v) is 5.06. The zero-order valence-electron chi connectivity index (χ0n) is 7.67. The van der Waals surface area contributed by atoms with E-state index in [1.165, 1.54) is 18.3 Å². The van der Waals surface area contributed by atoms with Crippen LogP contribution in [0.1, 0.15) is 22.4 Å². The second kappa shape index (κ2) is 3.71. The van der Waals surface area contributed by atoms with E-state index in [1.807, 2.05) is 12.3 Å². The molecule has 0 fully saturated rings. The zero-order chi connectivity index (χ0) is 9.97. The molecule has 0 amide bonds. The topological polar surface area (TPSA) is 47.8 Å². The van der Waals surface area contributed by atoms with Crippen molar-refractivity contribution in [1.29, 1.82) is 0 Å². The van der Waals surface area contributed by atoms with Crippen LogP contribution in [0.2, 0.25) is 0 Å². The third kappa shape index (κ3) is 1.88. The molecule has 0 aromatic carbocycles. The first-order chi connectivity index (χ1) is 6.75. The molecule has 2 aromatic rings. The van der Waals surface area contributed by atoms with Crippen LogP contribution in [-0.4, -0.2) is 20.5 Å². The minimum atomic E-state index is 0.00738. The molecule has 0 aliphatic carbocycles. The van der Waals surface area contributed by atoms with E-state index < -0.39 is 0 Å². The summed E-state index contributed by atoms with van der Waals surface area (Å²) in [4.78, 5) is 15.2. The van der Waals surface area contributed by atoms with Crippen molar-refractivity contribution in [3.05, 3.63) is 34.5 Å². The number of hydrogen-bond donors (Lipinski definition) is 0. The summed E-state index contributed by atoms with van der Waals surface area (Å²) in [6, 6.07) is 1.86. The number of thiazole rings is 1. The first-order valence-electron chi connectivity index (χ1n) is 4.18. The Morgan fingerprint density at radius 2 is 2.50 bits per heavy atom.